The molecule has 41 heavy (non-hydrogen) atoms. The minimum Gasteiger partial charge on any atom is -0.336 e. The van der Waals surface area contributed by atoms with Crippen LogP contribution in [-0.4, -0.2) is 78.2 Å². The number of likely N-dealkylation sites (tertiary alicyclic amines) is 1. The van der Waals surface area contributed by atoms with E-state index in [9.17, 15) is 17.6 Å². The fourth-order valence-electron chi connectivity index (χ4n) is 6.80. The Balaban J connectivity index is 1.37. The second-order valence-electron chi connectivity index (χ2n) is 12.0. The van der Waals surface area contributed by atoms with Crippen LogP contribution in [0.1, 0.15) is 74.7 Å². The number of amides is 1. The molecular formula is C31H42FN5O3S. The number of hydrogen-bond donors (Lipinski definition) is 1. The van der Waals surface area contributed by atoms with Crippen LogP contribution < -0.4 is 4.72 Å². The average molecular weight is 584 g/mol. The summed E-state index contributed by atoms with van der Waals surface area (Å²) in [6.07, 6.45) is 11.9. The van der Waals surface area contributed by atoms with Crippen molar-refractivity contribution in [2.24, 2.45) is 5.92 Å². The van der Waals surface area contributed by atoms with Gasteiger partial charge in [0.05, 0.1) is 29.2 Å². The lowest BCUT2D eigenvalue weighted by atomic mass is 9.86. The number of sulfonamides is 1. The van der Waals surface area contributed by atoms with E-state index in [1.807, 2.05) is 37.6 Å². The Hall–Kier alpha value is -2.82. The summed E-state index contributed by atoms with van der Waals surface area (Å²) in [7, 11) is -3.16. The van der Waals surface area contributed by atoms with Gasteiger partial charge in [0.2, 0.25) is 10.0 Å². The molecule has 1 aromatic carbocycles. The summed E-state index contributed by atoms with van der Waals surface area (Å²) in [6, 6.07) is 6.55. The predicted octanol–water partition coefficient (Wildman–Crippen LogP) is 4.93. The SMILES string of the molecule is CCN(C(=O)c1cc(F)ccc1-n1cc([C@@H]2CCN(C[C@H]3CC[C@H](NS(C)(=O)=O)CC3)C2)c2ccncc21)C(C)C. The first-order chi connectivity index (χ1) is 19.5. The molecule has 8 nitrogen and oxygen atoms in total. The zero-order chi connectivity index (χ0) is 29.3. The van der Waals surface area contributed by atoms with Crippen molar-refractivity contribution >= 4 is 26.8 Å². The van der Waals surface area contributed by atoms with Crippen molar-refractivity contribution in [3.05, 3.63) is 59.8 Å². The van der Waals surface area contributed by atoms with Crippen molar-refractivity contribution in [1.82, 2.24) is 24.1 Å². The van der Waals surface area contributed by atoms with Crippen molar-refractivity contribution in [3.63, 3.8) is 0 Å². The van der Waals surface area contributed by atoms with Crippen LogP contribution in [0.5, 0.6) is 0 Å². The van der Waals surface area contributed by atoms with Gasteiger partial charge in [-0.15, -0.1) is 0 Å². The number of rotatable bonds is 9. The summed E-state index contributed by atoms with van der Waals surface area (Å²) in [5.41, 5.74) is 3.15. The minimum atomic E-state index is -3.16. The number of aromatic nitrogens is 2. The molecular weight excluding hydrogens is 541 g/mol. The molecule has 1 amide bonds. The molecule has 2 fully saturated rings. The Kier molecular flexibility index (Phi) is 8.82. The van der Waals surface area contributed by atoms with Crippen molar-refractivity contribution in [2.75, 3.05) is 32.4 Å². The van der Waals surface area contributed by atoms with Crippen molar-refractivity contribution in [3.8, 4) is 5.69 Å². The third kappa shape index (κ3) is 6.65. The van der Waals surface area contributed by atoms with Crippen molar-refractivity contribution < 1.29 is 17.6 Å². The smallest absolute Gasteiger partial charge is 0.256 e. The van der Waals surface area contributed by atoms with Crippen LogP contribution >= 0.6 is 0 Å². The van der Waals surface area contributed by atoms with Gasteiger partial charge in [0.15, 0.2) is 0 Å². The van der Waals surface area contributed by atoms with E-state index >= 15 is 0 Å². The van der Waals surface area contributed by atoms with E-state index < -0.39 is 15.8 Å². The van der Waals surface area contributed by atoms with E-state index in [2.05, 4.69) is 20.8 Å². The van der Waals surface area contributed by atoms with Gasteiger partial charge in [0.1, 0.15) is 5.82 Å². The molecule has 5 rings (SSSR count). The summed E-state index contributed by atoms with van der Waals surface area (Å²) in [5, 5.41) is 1.11. The zero-order valence-electron chi connectivity index (χ0n) is 24.5. The van der Waals surface area contributed by atoms with E-state index in [4.69, 9.17) is 0 Å². The molecule has 1 saturated carbocycles. The third-order valence-electron chi connectivity index (χ3n) is 8.77. The fraction of sp³-hybridized carbons (Fsp3) is 0.548. The molecule has 1 aliphatic heterocycles. The summed E-state index contributed by atoms with van der Waals surface area (Å²) in [5.74, 6) is 0.302. The number of nitrogens with one attached hydrogen (secondary N) is 1. The lowest BCUT2D eigenvalue weighted by Gasteiger charge is -2.31. The molecule has 0 spiro atoms. The van der Waals surface area contributed by atoms with E-state index in [-0.39, 0.29) is 18.0 Å². The second kappa shape index (κ2) is 12.2. The van der Waals surface area contributed by atoms with Gasteiger partial charge in [-0.2, -0.15) is 0 Å². The highest BCUT2D eigenvalue weighted by atomic mass is 32.2. The Morgan fingerprint density at radius 2 is 1.93 bits per heavy atom. The van der Waals surface area contributed by atoms with Crippen LogP contribution in [0.3, 0.4) is 0 Å². The number of carbonyl (C=O) groups excluding carboxylic acids is 1. The first-order valence-corrected chi connectivity index (χ1v) is 16.7. The van der Waals surface area contributed by atoms with Crippen molar-refractivity contribution in [1.29, 1.82) is 0 Å². The van der Waals surface area contributed by atoms with Crippen molar-refractivity contribution in [2.45, 2.75) is 70.9 Å². The largest absolute Gasteiger partial charge is 0.336 e. The van der Waals surface area contributed by atoms with Gasteiger partial charge in [0, 0.05) is 49.5 Å². The first kappa shape index (κ1) is 29.7. The summed E-state index contributed by atoms with van der Waals surface area (Å²) >= 11 is 0. The van der Waals surface area contributed by atoms with Gasteiger partial charge in [-0.1, -0.05) is 0 Å². The van der Waals surface area contributed by atoms with Gasteiger partial charge < -0.3 is 14.4 Å². The maximum Gasteiger partial charge on any atom is 0.256 e. The number of carbonyl (C=O) groups is 1. The molecule has 3 aromatic rings. The summed E-state index contributed by atoms with van der Waals surface area (Å²) in [6.45, 7) is 9.42. The Morgan fingerprint density at radius 1 is 1.17 bits per heavy atom. The lowest BCUT2D eigenvalue weighted by Crippen LogP contribution is -2.39. The van der Waals surface area contributed by atoms with Gasteiger partial charge in [-0.3, -0.25) is 9.78 Å². The molecule has 0 bridgehead atoms. The number of pyridine rings is 1. The van der Waals surface area contributed by atoms with Crippen LogP contribution in [0.15, 0.2) is 42.9 Å². The van der Waals surface area contributed by atoms with E-state index in [1.54, 1.807) is 17.2 Å². The van der Waals surface area contributed by atoms with Gasteiger partial charge in [-0.05, 0) is 101 Å². The quantitative estimate of drug-likeness (QED) is 0.386. The summed E-state index contributed by atoms with van der Waals surface area (Å²) in [4.78, 5) is 22.3. The lowest BCUT2D eigenvalue weighted by molar-refractivity contribution is 0.0716. The maximum atomic E-state index is 14.5. The molecule has 1 aliphatic carbocycles. The third-order valence-corrected chi connectivity index (χ3v) is 9.53. The number of benzene rings is 1. The van der Waals surface area contributed by atoms with E-state index in [1.165, 1.54) is 24.0 Å². The fourth-order valence-corrected chi connectivity index (χ4v) is 7.64. The normalized spacial score (nSPS) is 22.0. The van der Waals surface area contributed by atoms with Crippen LogP contribution in [0.2, 0.25) is 0 Å². The molecule has 2 aromatic heterocycles. The molecule has 2 aliphatic rings. The second-order valence-corrected chi connectivity index (χ2v) is 13.8. The van der Waals surface area contributed by atoms with Crippen LogP contribution in [0.25, 0.3) is 16.6 Å². The van der Waals surface area contributed by atoms with Crippen LogP contribution in [-0.2, 0) is 10.0 Å². The molecule has 222 valence electrons. The van der Waals surface area contributed by atoms with Gasteiger partial charge in [0.25, 0.3) is 5.91 Å². The number of halogens is 1. The molecule has 0 unspecified atom stereocenters. The Bertz CT molecular complexity index is 1500. The highest BCUT2D eigenvalue weighted by molar-refractivity contribution is 7.88. The molecule has 3 heterocycles. The minimum absolute atomic E-state index is 0.00211. The Morgan fingerprint density at radius 3 is 2.61 bits per heavy atom. The number of nitrogens with zero attached hydrogens (tertiary/aromatic N) is 4. The zero-order valence-corrected chi connectivity index (χ0v) is 25.3. The molecule has 1 atom stereocenters. The number of fused-ring (bicyclic) bond motifs is 1. The Labute approximate surface area is 243 Å². The number of hydrogen-bond acceptors (Lipinski definition) is 5. The van der Waals surface area contributed by atoms with Crippen LogP contribution in [0, 0.1) is 11.7 Å². The van der Waals surface area contributed by atoms with E-state index in [0.717, 1.165) is 62.6 Å². The predicted molar refractivity (Wildman–Crippen MR) is 160 cm³/mol. The standard InChI is InChI=1S/C31H42FN5O3S/c1-5-36(21(2)3)31(38)27-16-24(32)8-11-29(27)37-20-28(26-12-14-33-17-30(26)37)23-13-15-35(19-23)18-22-6-9-25(10-7-22)34-41(4,39)40/h8,11-12,14,16-17,20-23,25,34H,5-7,9-10,13,15,18-19H2,1-4H3/t22-,23-,25-/m1/s1. The molecule has 0 radical (unpaired) electrons. The van der Waals surface area contributed by atoms with Crippen LogP contribution in [0.4, 0.5) is 4.39 Å². The maximum absolute atomic E-state index is 14.5. The highest BCUT2D eigenvalue weighted by Crippen LogP contribution is 2.37. The monoisotopic (exact) mass is 583 g/mol. The highest BCUT2D eigenvalue weighted by Gasteiger charge is 2.31. The van der Waals surface area contributed by atoms with Gasteiger partial charge >= 0.3 is 0 Å². The van der Waals surface area contributed by atoms with Gasteiger partial charge in [-0.25, -0.2) is 17.5 Å². The molecule has 1 N–H and O–H groups in total. The molecule has 10 heteroatoms. The van der Waals surface area contributed by atoms with E-state index in [0.29, 0.717) is 29.6 Å². The topological polar surface area (TPSA) is 87.5 Å². The average Bonchev–Trinajstić information content (AvgIpc) is 3.54. The summed E-state index contributed by atoms with van der Waals surface area (Å²) < 4.78 is 42.4. The molecule has 1 saturated heterocycles. The first-order valence-electron chi connectivity index (χ1n) is 14.8.